The minimum absolute atomic E-state index is 0. The van der Waals surface area contributed by atoms with Crippen LogP contribution < -0.4 is 16.0 Å². The number of anilines is 1. The van der Waals surface area contributed by atoms with Crippen molar-refractivity contribution in [3.63, 3.8) is 0 Å². The van der Waals surface area contributed by atoms with E-state index in [1.54, 1.807) is 7.05 Å². The lowest BCUT2D eigenvalue weighted by Gasteiger charge is -2.12. The van der Waals surface area contributed by atoms with Gasteiger partial charge in [0.25, 0.3) is 0 Å². The molecular weight excluding hydrogens is 467 g/mol. The van der Waals surface area contributed by atoms with Crippen LogP contribution in [0.1, 0.15) is 11.1 Å². The molecule has 0 saturated heterocycles. The average Bonchev–Trinajstić information content (AvgIpc) is 2.64. The van der Waals surface area contributed by atoms with Gasteiger partial charge in [0.1, 0.15) is 0 Å². The molecule has 2 aromatic carbocycles. The van der Waals surface area contributed by atoms with Crippen molar-refractivity contribution in [3.05, 3.63) is 64.7 Å². The van der Waals surface area contributed by atoms with E-state index in [2.05, 4.69) is 25.7 Å². The van der Waals surface area contributed by atoms with Crippen LogP contribution in [0.25, 0.3) is 0 Å². The molecular formula is C18H22ClIN4O2. The summed E-state index contributed by atoms with van der Waals surface area (Å²) in [7, 11) is 3.05. The van der Waals surface area contributed by atoms with Crippen LogP contribution >= 0.6 is 35.6 Å². The fourth-order valence-corrected chi connectivity index (χ4v) is 2.20. The number of benzene rings is 2. The third-order valence-electron chi connectivity index (χ3n) is 3.44. The Morgan fingerprint density at radius 2 is 1.50 bits per heavy atom. The van der Waals surface area contributed by atoms with E-state index in [0.29, 0.717) is 24.7 Å². The summed E-state index contributed by atoms with van der Waals surface area (Å²) in [4.78, 5) is 15.3. The summed E-state index contributed by atoms with van der Waals surface area (Å²) in [6, 6.07) is 15.1. The van der Waals surface area contributed by atoms with Gasteiger partial charge in [0.2, 0.25) is 0 Å². The Labute approximate surface area is 175 Å². The summed E-state index contributed by atoms with van der Waals surface area (Å²) >= 11 is 5.88. The molecule has 6 nitrogen and oxygen atoms in total. The predicted octanol–water partition coefficient (Wildman–Crippen LogP) is 4.00. The molecule has 0 aliphatic rings. The van der Waals surface area contributed by atoms with Crippen molar-refractivity contribution in [1.29, 1.82) is 0 Å². The number of nitrogens with one attached hydrogen (secondary N) is 3. The molecule has 0 heterocycles. The Morgan fingerprint density at radius 1 is 1.00 bits per heavy atom. The Kier molecular flexibility index (Phi) is 9.82. The maximum absolute atomic E-state index is 11.2. The number of nitrogens with zero attached hydrogens (tertiary/aromatic N) is 1. The molecule has 3 N–H and O–H groups in total. The number of rotatable bonds is 5. The van der Waals surface area contributed by atoms with Gasteiger partial charge < -0.3 is 15.4 Å². The maximum Gasteiger partial charge on any atom is 0.411 e. The van der Waals surface area contributed by atoms with Gasteiger partial charge in [-0.3, -0.25) is 10.3 Å². The first kappa shape index (κ1) is 22.0. The topological polar surface area (TPSA) is 74.8 Å². The SMILES string of the molecule is CN=C(NCc1ccc(Cl)cc1)NCc1ccc(NC(=O)OC)cc1.I. The van der Waals surface area contributed by atoms with E-state index in [1.165, 1.54) is 7.11 Å². The van der Waals surface area contributed by atoms with E-state index < -0.39 is 6.09 Å². The summed E-state index contributed by atoms with van der Waals surface area (Å²) in [5, 5.41) is 9.81. The van der Waals surface area contributed by atoms with Crippen LogP contribution in [0.2, 0.25) is 5.02 Å². The molecule has 0 spiro atoms. The predicted molar refractivity (Wildman–Crippen MR) is 116 cm³/mol. The number of amides is 1. The van der Waals surface area contributed by atoms with Crippen molar-refractivity contribution in [2.24, 2.45) is 4.99 Å². The summed E-state index contributed by atoms with van der Waals surface area (Å²) in [6.07, 6.45) is -0.488. The smallest absolute Gasteiger partial charge is 0.411 e. The molecule has 8 heteroatoms. The monoisotopic (exact) mass is 488 g/mol. The zero-order valence-corrected chi connectivity index (χ0v) is 17.7. The largest absolute Gasteiger partial charge is 0.453 e. The molecule has 0 aliphatic carbocycles. The van der Waals surface area contributed by atoms with E-state index in [1.807, 2.05) is 48.5 Å². The van der Waals surface area contributed by atoms with Crippen molar-refractivity contribution >= 4 is 53.3 Å². The van der Waals surface area contributed by atoms with Gasteiger partial charge in [-0.05, 0) is 35.4 Å². The molecule has 26 heavy (non-hydrogen) atoms. The summed E-state index contributed by atoms with van der Waals surface area (Å²) in [5.41, 5.74) is 2.86. The maximum atomic E-state index is 11.2. The van der Waals surface area contributed by atoms with Crippen LogP contribution in [0.4, 0.5) is 10.5 Å². The quantitative estimate of drug-likeness (QED) is 0.338. The van der Waals surface area contributed by atoms with Gasteiger partial charge >= 0.3 is 6.09 Å². The third kappa shape index (κ3) is 7.49. The van der Waals surface area contributed by atoms with Crippen LogP contribution in [0, 0.1) is 0 Å². The number of guanidine groups is 1. The summed E-state index contributed by atoms with van der Waals surface area (Å²) in [6.45, 7) is 1.26. The zero-order chi connectivity index (χ0) is 18.1. The first-order valence-electron chi connectivity index (χ1n) is 7.73. The molecule has 0 unspecified atom stereocenters. The molecule has 2 rings (SSSR count). The van der Waals surface area contributed by atoms with E-state index >= 15 is 0 Å². The fourth-order valence-electron chi connectivity index (χ4n) is 2.07. The highest BCUT2D eigenvalue weighted by molar-refractivity contribution is 14.0. The van der Waals surface area contributed by atoms with Crippen molar-refractivity contribution in [1.82, 2.24) is 10.6 Å². The third-order valence-corrected chi connectivity index (χ3v) is 3.69. The van der Waals surface area contributed by atoms with Gasteiger partial charge in [-0.2, -0.15) is 0 Å². The Bertz CT molecular complexity index is 721. The molecule has 2 aromatic rings. The van der Waals surface area contributed by atoms with Crippen LogP contribution in [0.15, 0.2) is 53.5 Å². The molecule has 1 amide bonds. The molecule has 140 valence electrons. The molecule has 0 atom stereocenters. The van der Waals surface area contributed by atoms with E-state index in [9.17, 15) is 4.79 Å². The number of ether oxygens (including phenoxy) is 1. The van der Waals surface area contributed by atoms with Crippen LogP contribution in [-0.2, 0) is 17.8 Å². The lowest BCUT2D eigenvalue weighted by atomic mass is 10.2. The number of methoxy groups -OCH3 is 1. The molecule has 0 fully saturated rings. The number of carbonyl (C=O) groups excluding carboxylic acids is 1. The molecule has 0 aliphatic heterocycles. The van der Waals surface area contributed by atoms with Crippen molar-refractivity contribution < 1.29 is 9.53 Å². The van der Waals surface area contributed by atoms with Crippen LogP contribution in [0.3, 0.4) is 0 Å². The lowest BCUT2D eigenvalue weighted by molar-refractivity contribution is 0.187. The van der Waals surface area contributed by atoms with Gasteiger partial charge in [-0.25, -0.2) is 4.79 Å². The molecule has 0 saturated carbocycles. The summed E-state index contributed by atoms with van der Waals surface area (Å²) in [5.74, 6) is 0.701. The van der Waals surface area contributed by atoms with Crippen LogP contribution in [-0.4, -0.2) is 26.2 Å². The Balaban J connectivity index is 0.00000338. The lowest BCUT2D eigenvalue weighted by Crippen LogP contribution is -2.36. The number of halogens is 2. The normalized spacial score (nSPS) is 10.5. The van der Waals surface area contributed by atoms with Gasteiger partial charge in [0, 0.05) is 30.8 Å². The van der Waals surface area contributed by atoms with Crippen molar-refractivity contribution in [2.45, 2.75) is 13.1 Å². The first-order valence-corrected chi connectivity index (χ1v) is 8.11. The highest BCUT2D eigenvalue weighted by atomic mass is 127. The Hall–Kier alpha value is -2.00. The standard InChI is InChI=1S/C18H21ClN4O2.HI/c1-20-17(21-11-13-3-7-15(19)8-4-13)22-12-14-5-9-16(10-6-14)23-18(24)25-2;/h3-10H,11-12H2,1-2H3,(H,23,24)(H2,20,21,22);1H. The second kappa shape index (κ2) is 11.6. The highest BCUT2D eigenvalue weighted by Crippen LogP contribution is 2.10. The number of hydrogen-bond donors (Lipinski definition) is 3. The number of aliphatic imine (C=N–C) groups is 1. The highest BCUT2D eigenvalue weighted by Gasteiger charge is 2.02. The van der Waals surface area contributed by atoms with Crippen LogP contribution in [0.5, 0.6) is 0 Å². The van der Waals surface area contributed by atoms with Gasteiger partial charge in [-0.15, -0.1) is 24.0 Å². The average molecular weight is 489 g/mol. The van der Waals surface area contributed by atoms with Gasteiger partial charge in [-0.1, -0.05) is 35.9 Å². The second-order valence-corrected chi connectivity index (χ2v) is 5.66. The minimum atomic E-state index is -0.488. The zero-order valence-electron chi connectivity index (χ0n) is 14.6. The first-order chi connectivity index (χ1) is 12.1. The van der Waals surface area contributed by atoms with Gasteiger partial charge in [0.15, 0.2) is 5.96 Å². The van der Waals surface area contributed by atoms with Gasteiger partial charge in [0.05, 0.1) is 7.11 Å². The van der Waals surface area contributed by atoms with Crippen molar-refractivity contribution in [3.8, 4) is 0 Å². The Morgan fingerprint density at radius 3 is 1.96 bits per heavy atom. The van der Waals surface area contributed by atoms with Crippen molar-refractivity contribution in [2.75, 3.05) is 19.5 Å². The second-order valence-electron chi connectivity index (χ2n) is 5.22. The molecule has 0 radical (unpaired) electrons. The fraction of sp³-hybridized carbons (Fsp3) is 0.222. The van der Waals surface area contributed by atoms with E-state index in [-0.39, 0.29) is 24.0 Å². The minimum Gasteiger partial charge on any atom is -0.453 e. The molecule has 0 aromatic heterocycles. The number of hydrogen-bond acceptors (Lipinski definition) is 3. The van der Waals surface area contributed by atoms with E-state index in [0.717, 1.165) is 16.1 Å². The summed E-state index contributed by atoms with van der Waals surface area (Å²) < 4.78 is 4.55. The molecule has 0 bridgehead atoms. The van der Waals surface area contributed by atoms with E-state index in [4.69, 9.17) is 11.6 Å². The number of carbonyl (C=O) groups is 1.